The van der Waals surface area contributed by atoms with E-state index in [-0.39, 0.29) is 5.82 Å². The van der Waals surface area contributed by atoms with Crippen LogP contribution in [0.4, 0.5) is 4.39 Å². The molecule has 2 aromatic rings. The Balaban J connectivity index is 2.43. The summed E-state index contributed by atoms with van der Waals surface area (Å²) in [7, 11) is 0. The van der Waals surface area contributed by atoms with E-state index in [1.165, 1.54) is 6.07 Å². The van der Waals surface area contributed by atoms with Crippen LogP contribution in [0.1, 0.15) is 17.2 Å². The molecular formula is C13H10BrClFN. The van der Waals surface area contributed by atoms with Crippen LogP contribution in [0.3, 0.4) is 0 Å². The van der Waals surface area contributed by atoms with Gasteiger partial charge in [0.2, 0.25) is 0 Å². The molecule has 0 spiro atoms. The van der Waals surface area contributed by atoms with E-state index in [1.54, 1.807) is 30.3 Å². The minimum absolute atomic E-state index is 0.309. The summed E-state index contributed by atoms with van der Waals surface area (Å²) in [5, 5.41) is 0.571. The summed E-state index contributed by atoms with van der Waals surface area (Å²) in [5.41, 5.74) is 7.27. The molecule has 0 fully saturated rings. The normalized spacial score (nSPS) is 12.5. The molecule has 88 valence electrons. The fourth-order valence-corrected chi connectivity index (χ4v) is 2.55. The van der Waals surface area contributed by atoms with E-state index in [0.29, 0.717) is 10.6 Å². The Morgan fingerprint density at radius 3 is 2.53 bits per heavy atom. The average molecular weight is 315 g/mol. The zero-order valence-corrected chi connectivity index (χ0v) is 11.2. The van der Waals surface area contributed by atoms with Gasteiger partial charge in [0, 0.05) is 15.1 Å². The first-order chi connectivity index (χ1) is 8.08. The maximum atomic E-state index is 13.6. The van der Waals surface area contributed by atoms with E-state index in [1.807, 2.05) is 6.07 Å². The lowest BCUT2D eigenvalue weighted by Crippen LogP contribution is -2.13. The van der Waals surface area contributed by atoms with Crippen molar-refractivity contribution >= 4 is 27.5 Å². The highest BCUT2D eigenvalue weighted by Crippen LogP contribution is 2.27. The third kappa shape index (κ3) is 2.86. The first kappa shape index (κ1) is 12.6. The third-order valence-electron chi connectivity index (χ3n) is 2.48. The molecule has 0 bridgehead atoms. The van der Waals surface area contributed by atoms with Crippen LogP contribution in [0.15, 0.2) is 46.9 Å². The molecule has 1 atom stereocenters. The maximum Gasteiger partial charge on any atom is 0.128 e. The number of nitrogens with two attached hydrogens (primary N) is 1. The van der Waals surface area contributed by atoms with Crippen molar-refractivity contribution in [3.63, 3.8) is 0 Å². The van der Waals surface area contributed by atoms with Crippen LogP contribution in [-0.2, 0) is 0 Å². The SMILES string of the molecule is NC(c1cc(Cl)cc(Br)c1)c1ccccc1F. The molecule has 0 aliphatic heterocycles. The molecule has 2 aromatic carbocycles. The summed E-state index contributed by atoms with van der Waals surface area (Å²) in [6.45, 7) is 0. The number of hydrogen-bond acceptors (Lipinski definition) is 1. The van der Waals surface area contributed by atoms with E-state index < -0.39 is 6.04 Å². The van der Waals surface area contributed by atoms with Crippen LogP contribution in [0.2, 0.25) is 5.02 Å². The Morgan fingerprint density at radius 2 is 1.88 bits per heavy atom. The topological polar surface area (TPSA) is 26.0 Å². The van der Waals surface area contributed by atoms with E-state index in [4.69, 9.17) is 17.3 Å². The second-order valence-corrected chi connectivity index (χ2v) is 5.05. The predicted octanol–water partition coefficient (Wildman–Crippen LogP) is 4.29. The molecule has 1 unspecified atom stereocenters. The Morgan fingerprint density at radius 1 is 1.18 bits per heavy atom. The summed E-state index contributed by atoms with van der Waals surface area (Å²) in [6, 6.07) is 11.3. The van der Waals surface area contributed by atoms with E-state index >= 15 is 0 Å². The molecule has 0 aliphatic carbocycles. The molecule has 4 heteroatoms. The number of halogens is 3. The van der Waals surface area contributed by atoms with Crippen LogP contribution in [0.5, 0.6) is 0 Å². The summed E-state index contributed by atoms with van der Waals surface area (Å²) in [4.78, 5) is 0. The Labute approximate surface area is 113 Å². The van der Waals surface area contributed by atoms with Crippen molar-refractivity contribution < 1.29 is 4.39 Å². The quantitative estimate of drug-likeness (QED) is 0.879. The zero-order chi connectivity index (χ0) is 12.4. The van der Waals surface area contributed by atoms with Gasteiger partial charge >= 0.3 is 0 Å². The van der Waals surface area contributed by atoms with Gasteiger partial charge in [-0.15, -0.1) is 0 Å². The highest BCUT2D eigenvalue weighted by Gasteiger charge is 2.13. The van der Waals surface area contributed by atoms with Crippen molar-refractivity contribution in [3.8, 4) is 0 Å². The lowest BCUT2D eigenvalue weighted by Gasteiger charge is -2.14. The third-order valence-corrected chi connectivity index (χ3v) is 3.16. The smallest absolute Gasteiger partial charge is 0.128 e. The van der Waals surface area contributed by atoms with Crippen molar-refractivity contribution in [1.82, 2.24) is 0 Å². The molecular weight excluding hydrogens is 305 g/mol. The number of hydrogen-bond donors (Lipinski definition) is 1. The van der Waals surface area contributed by atoms with Crippen LogP contribution in [0.25, 0.3) is 0 Å². The van der Waals surface area contributed by atoms with Gasteiger partial charge in [-0.2, -0.15) is 0 Å². The van der Waals surface area contributed by atoms with Gasteiger partial charge in [0.15, 0.2) is 0 Å². The van der Waals surface area contributed by atoms with E-state index in [9.17, 15) is 4.39 Å². The molecule has 0 heterocycles. The molecule has 2 rings (SSSR count). The molecule has 2 N–H and O–H groups in total. The van der Waals surface area contributed by atoms with Gasteiger partial charge in [-0.25, -0.2) is 4.39 Å². The van der Waals surface area contributed by atoms with Crippen LogP contribution < -0.4 is 5.73 Å². The second-order valence-electron chi connectivity index (χ2n) is 3.70. The molecule has 1 nitrogen and oxygen atoms in total. The van der Waals surface area contributed by atoms with E-state index in [0.717, 1.165) is 10.0 Å². The van der Waals surface area contributed by atoms with Crippen molar-refractivity contribution in [2.75, 3.05) is 0 Å². The van der Waals surface area contributed by atoms with Gasteiger partial charge < -0.3 is 5.73 Å². The van der Waals surface area contributed by atoms with Gasteiger partial charge in [0.05, 0.1) is 6.04 Å². The minimum Gasteiger partial charge on any atom is -0.320 e. The summed E-state index contributed by atoms with van der Waals surface area (Å²) in [6.07, 6.45) is 0. The average Bonchev–Trinajstić information content (AvgIpc) is 2.27. The summed E-state index contributed by atoms with van der Waals surface area (Å²) < 4.78 is 14.4. The Kier molecular flexibility index (Phi) is 3.82. The molecule has 0 amide bonds. The van der Waals surface area contributed by atoms with Crippen LogP contribution >= 0.6 is 27.5 Å². The first-order valence-electron chi connectivity index (χ1n) is 5.04. The number of benzene rings is 2. The molecule has 0 radical (unpaired) electrons. The monoisotopic (exact) mass is 313 g/mol. The van der Waals surface area contributed by atoms with E-state index in [2.05, 4.69) is 15.9 Å². The van der Waals surface area contributed by atoms with Crippen molar-refractivity contribution in [3.05, 3.63) is 68.9 Å². The number of rotatable bonds is 2. The van der Waals surface area contributed by atoms with Gasteiger partial charge in [-0.1, -0.05) is 45.7 Å². The Bertz CT molecular complexity index is 524. The predicted molar refractivity (Wildman–Crippen MR) is 71.6 cm³/mol. The Hall–Kier alpha value is -0.900. The standard InChI is InChI=1S/C13H10BrClFN/c14-9-5-8(6-10(15)7-9)13(17)11-3-1-2-4-12(11)16/h1-7,13H,17H2. The molecule has 0 aromatic heterocycles. The highest BCUT2D eigenvalue weighted by atomic mass is 79.9. The molecule has 0 aliphatic rings. The highest BCUT2D eigenvalue weighted by molar-refractivity contribution is 9.10. The van der Waals surface area contributed by atoms with Gasteiger partial charge in [-0.05, 0) is 29.8 Å². The van der Waals surface area contributed by atoms with Crippen LogP contribution in [-0.4, -0.2) is 0 Å². The molecule has 0 saturated carbocycles. The second kappa shape index (κ2) is 5.17. The van der Waals surface area contributed by atoms with Crippen molar-refractivity contribution in [2.24, 2.45) is 5.73 Å². The largest absolute Gasteiger partial charge is 0.320 e. The van der Waals surface area contributed by atoms with Crippen LogP contribution in [0, 0.1) is 5.82 Å². The minimum atomic E-state index is -0.522. The van der Waals surface area contributed by atoms with Gasteiger partial charge in [0.25, 0.3) is 0 Å². The lowest BCUT2D eigenvalue weighted by atomic mass is 9.99. The fourth-order valence-electron chi connectivity index (χ4n) is 1.66. The summed E-state index contributed by atoms with van der Waals surface area (Å²) in [5.74, 6) is -0.309. The summed E-state index contributed by atoms with van der Waals surface area (Å²) >= 11 is 9.28. The maximum absolute atomic E-state index is 13.6. The van der Waals surface area contributed by atoms with Gasteiger partial charge in [0.1, 0.15) is 5.82 Å². The lowest BCUT2D eigenvalue weighted by molar-refractivity contribution is 0.599. The zero-order valence-electron chi connectivity index (χ0n) is 8.83. The fraction of sp³-hybridized carbons (Fsp3) is 0.0769. The molecule has 0 saturated heterocycles. The van der Waals surface area contributed by atoms with Crippen molar-refractivity contribution in [1.29, 1.82) is 0 Å². The van der Waals surface area contributed by atoms with Gasteiger partial charge in [-0.3, -0.25) is 0 Å². The first-order valence-corrected chi connectivity index (χ1v) is 6.21. The molecule has 17 heavy (non-hydrogen) atoms. The van der Waals surface area contributed by atoms with Crippen molar-refractivity contribution in [2.45, 2.75) is 6.04 Å².